The van der Waals surface area contributed by atoms with Gasteiger partial charge in [-0.1, -0.05) is 0 Å². The zero-order valence-corrected chi connectivity index (χ0v) is 15.0. The van der Waals surface area contributed by atoms with Gasteiger partial charge in [-0.15, -0.1) is 5.10 Å². The minimum atomic E-state index is -0.332. The molecular formula is C18H19N7O2. The van der Waals surface area contributed by atoms with Crippen molar-refractivity contribution in [2.24, 2.45) is 0 Å². The molecule has 0 atom stereocenters. The molecule has 0 saturated heterocycles. The van der Waals surface area contributed by atoms with Crippen molar-refractivity contribution in [1.82, 2.24) is 20.0 Å². The fraction of sp³-hybridized carbons (Fsp3) is 0.167. The van der Waals surface area contributed by atoms with Crippen LogP contribution >= 0.6 is 0 Å². The van der Waals surface area contributed by atoms with Gasteiger partial charge in [0.25, 0.3) is 5.56 Å². The van der Waals surface area contributed by atoms with Crippen molar-refractivity contribution in [2.75, 3.05) is 29.6 Å². The lowest BCUT2D eigenvalue weighted by molar-refractivity contribution is -0.117. The van der Waals surface area contributed by atoms with Crippen molar-refractivity contribution in [2.45, 2.75) is 6.54 Å². The van der Waals surface area contributed by atoms with E-state index in [1.807, 2.05) is 37.2 Å². The largest absolute Gasteiger partial charge is 0.376 e. The van der Waals surface area contributed by atoms with Gasteiger partial charge in [0.15, 0.2) is 5.82 Å². The molecule has 0 bridgehead atoms. The standard InChI is InChI=1S/C18H19N7O2/c1-24(2)15-10-16(23-19-11-15)21-13-5-7-14(8-6-13)22-17(26)12-25-18(27)4-3-9-20-25/h3-11H,12H2,1-2H3,(H,21,23)(H,22,26). The SMILES string of the molecule is CN(C)c1cnnc(Nc2ccc(NC(=O)Cn3ncccc3=O)cc2)c1. The molecule has 0 unspecified atom stereocenters. The number of nitrogens with zero attached hydrogens (tertiary/aromatic N) is 5. The van der Waals surface area contributed by atoms with Crippen molar-refractivity contribution >= 4 is 28.8 Å². The number of aromatic nitrogens is 4. The number of rotatable bonds is 6. The third-order valence-electron chi connectivity index (χ3n) is 3.68. The Morgan fingerprint density at radius 1 is 1.15 bits per heavy atom. The van der Waals surface area contributed by atoms with E-state index < -0.39 is 0 Å². The van der Waals surface area contributed by atoms with E-state index >= 15 is 0 Å². The zero-order valence-electron chi connectivity index (χ0n) is 15.0. The van der Waals surface area contributed by atoms with Crippen molar-refractivity contribution in [1.29, 1.82) is 0 Å². The maximum Gasteiger partial charge on any atom is 0.267 e. The highest BCUT2D eigenvalue weighted by atomic mass is 16.2. The summed E-state index contributed by atoms with van der Waals surface area (Å²) in [4.78, 5) is 25.6. The number of hydrogen-bond donors (Lipinski definition) is 2. The number of carbonyl (C=O) groups is 1. The first-order valence-electron chi connectivity index (χ1n) is 8.20. The molecule has 1 aromatic carbocycles. The number of nitrogens with one attached hydrogen (secondary N) is 2. The predicted molar refractivity (Wildman–Crippen MR) is 103 cm³/mol. The van der Waals surface area contributed by atoms with Crippen molar-refractivity contribution < 1.29 is 4.79 Å². The van der Waals surface area contributed by atoms with Crippen molar-refractivity contribution in [3.63, 3.8) is 0 Å². The Balaban J connectivity index is 1.62. The van der Waals surface area contributed by atoms with Crippen LogP contribution in [0.15, 0.2) is 59.7 Å². The van der Waals surface area contributed by atoms with Gasteiger partial charge in [-0.05, 0) is 30.3 Å². The molecule has 9 nitrogen and oxygen atoms in total. The molecule has 27 heavy (non-hydrogen) atoms. The molecule has 0 radical (unpaired) electrons. The Kier molecular flexibility index (Phi) is 5.41. The minimum Gasteiger partial charge on any atom is -0.376 e. The highest BCUT2D eigenvalue weighted by molar-refractivity contribution is 5.90. The Morgan fingerprint density at radius 3 is 2.59 bits per heavy atom. The summed E-state index contributed by atoms with van der Waals surface area (Å²) < 4.78 is 1.10. The van der Waals surface area contributed by atoms with Crippen LogP contribution < -0.4 is 21.1 Å². The van der Waals surface area contributed by atoms with Gasteiger partial charge in [-0.2, -0.15) is 10.2 Å². The van der Waals surface area contributed by atoms with Crippen LogP contribution in [0.4, 0.5) is 22.9 Å². The zero-order chi connectivity index (χ0) is 19.2. The van der Waals surface area contributed by atoms with E-state index in [0.717, 1.165) is 16.1 Å². The fourth-order valence-corrected chi connectivity index (χ4v) is 2.29. The topological polar surface area (TPSA) is 105 Å². The molecule has 0 aliphatic heterocycles. The number of anilines is 4. The number of carbonyl (C=O) groups excluding carboxylic acids is 1. The van der Waals surface area contributed by atoms with Gasteiger partial charge < -0.3 is 15.5 Å². The van der Waals surface area contributed by atoms with Crippen molar-refractivity contribution in [3.05, 3.63) is 65.2 Å². The van der Waals surface area contributed by atoms with Crippen LogP contribution in [0.25, 0.3) is 0 Å². The van der Waals surface area contributed by atoms with Crippen molar-refractivity contribution in [3.8, 4) is 0 Å². The van der Waals surface area contributed by atoms with Crippen LogP contribution in [0.5, 0.6) is 0 Å². The van der Waals surface area contributed by atoms with Gasteiger partial charge in [0.2, 0.25) is 5.91 Å². The summed E-state index contributed by atoms with van der Waals surface area (Å²) >= 11 is 0. The molecule has 0 aliphatic rings. The third kappa shape index (κ3) is 4.88. The molecule has 1 amide bonds. The highest BCUT2D eigenvalue weighted by Crippen LogP contribution is 2.19. The lowest BCUT2D eigenvalue weighted by Gasteiger charge is -2.13. The smallest absolute Gasteiger partial charge is 0.267 e. The molecule has 0 saturated carbocycles. The van der Waals surface area contributed by atoms with E-state index in [4.69, 9.17) is 0 Å². The van der Waals surface area contributed by atoms with E-state index in [1.165, 1.54) is 18.3 Å². The number of amides is 1. The second-order valence-corrected chi connectivity index (χ2v) is 5.96. The highest BCUT2D eigenvalue weighted by Gasteiger charge is 2.06. The first-order chi connectivity index (χ1) is 13.0. The molecule has 2 aromatic heterocycles. The summed E-state index contributed by atoms with van der Waals surface area (Å²) in [7, 11) is 3.86. The predicted octanol–water partition coefficient (Wildman–Crippen LogP) is 1.48. The first kappa shape index (κ1) is 18.1. The summed E-state index contributed by atoms with van der Waals surface area (Å²) in [6, 6.07) is 11.9. The van der Waals surface area contributed by atoms with Crippen LogP contribution in [0.3, 0.4) is 0 Å². The van der Waals surface area contributed by atoms with Crippen LogP contribution in [-0.4, -0.2) is 40.0 Å². The van der Waals surface area contributed by atoms with Crippen LogP contribution in [0.2, 0.25) is 0 Å². The van der Waals surface area contributed by atoms with E-state index in [-0.39, 0.29) is 18.0 Å². The lowest BCUT2D eigenvalue weighted by atomic mass is 10.2. The normalized spacial score (nSPS) is 10.3. The summed E-state index contributed by atoms with van der Waals surface area (Å²) in [6.07, 6.45) is 3.14. The van der Waals surface area contributed by atoms with Gasteiger partial charge in [-0.25, -0.2) is 4.68 Å². The Labute approximate surface area is 155 Å². The molecule has 0 aliphatic carbocycles. The van der Waals surface area contributed by atoms with Gasteiger partial charge in [0.05, 0.1) is 11.9 Å². The molecule has 2 N–H and O–H groups in total. The van der Waals surface area contributed by atoms with Crippen LogP contribution in [0, 0.1) is 0 Å². The minimum absolute atomic E-state index is 0.146. The fourth-order valence-electron chi connectivity index (χ4n) is 2.29. The maximum absolute atomic E-state index is 12.1. The second kappa shape index (κ2) is 8.09. The average Bonchev–Trinajstić information content (AvgIpc) is 2.65. The van der Waals surface area contributed by atoms with E-state index in [2.05, 4.69) is 25.9 Å². The summed E-state index contributed by atoms with van der Waals surface area (Å²) in [5, 5.41) is 17.8. The van der Waals surface area contributed by atoms with Crippen LogP contribution in [0.1, 0.15) is 0 Å². The van der Waals surface area contributed by atoms with Gasteiger partial charge in [-0.3, -0.25) is 9.59 Å². The van der Waals surface area contributed by atoms with E-state index in [9.17, 15) is 9.59 Å². The average molecular weight is 365 g/mol. The van der Waals surface area contributed by atoms with Gasteiger partial charge in [0.1, 0.15) is 6.54 Å². The summed E-state index contributed by atoms with van der Waals surface area (Å²) in [5.41, 5.74) is 2.02. The Hall–Kier alpha value is -3.75. The summed E-state index contributed by atoms with van der Waals surface area (Å²) in [5.74, 6) is 0.286. The molecule has 9 heteroatoms. The number of benzene rings is 1. The maximum atomic E-state index is 12.1. The first-order valence-corrected chi connectivity index (χ1v) is 8.20. The molecule has 0 fully saturated rings. The summed E-state index contributed by atoms with van der Waals surface area (Å²) in [6.45, 7) is -0.146. The van der Waals surface area contributed by atoms with E-state index in [0.29, 0.717) is 11.5 Å². The Morgan fingerprint density at radius 2 is 1.89 bits per heavy atom. The van der Waals surface area contributed by atoms with Crippen LogP contribution in [-0.2, 0) is 11.3 Å². The quantitative estimate of drug-likeness (QED) is 0.682. The molecule has 2 heterocycles. The number of hydrogen-bond acceptors (Lipinski definition) is 7. The van der Waals surface area contributed by atoms with Gasteiger partial charge in [0, 0.05) is 43.8 Å². The molecule has 0 spiro atoms. The second-order valence-electron chi connectivity index (χ2n) is 5.96. The van der Waals surface area contributed by atoms with Gasteiger partial charge >= 0.3 is 0 Å². The Bertz CT molecular complexity index is 983. The molecule has 3 aromatic rings. The molecule has 3 rings (SSSR count). The third-order valence-corrected chi connectivity index (χ3v) is 3.68. The van der Waals surface area contributed by atoms with E-state index in [1.54, 1.807) is 18.3 Å². The molecule has 138 valence electrons. The lowest BCUT2D eigenvalue weighted by Crippen LogP contribution is -2.28. The monoisotopic (exact) mass is 365 g/mol. The molecular weight excluding hydrogens is 346 g/mol.